The molecule has 2 N–H and O–H groups in total. The molecule has 0 aliphatic carbocycles. The molecule has 0 aliphatic rings. The molecule has 6 heteroatoms. The van der Waals surface area contributed by atoms with Crippen LogP contribution in [0.4, 0.5) is 10.1 Å². The van der Waals surface area contributed by atoms with E-state index in [1.807, 2.05) is 0 Å². The number of hydrogen-bond donors (Lipinski definition) is 2. The number of amides is 2. The molecule has 0 unspecified atom stereocenters. The first-order chi connectivity index (χ1) is 11.1. The largest absolute Gasteiger partial charge is 0.326 e. The Morgan fingerprint density at radius 3 is 2.35 bits per heavy atom. The van der Waals surface area contributed by atoms with Crippen LogP contribution in [-0.4, -0.2) is 18.0 Å². The second kappa shape index (κ2) is 7.84. The molecular weight excluding hydrogens is 297 g/mol. The van der Waals surface area contributed by atoms with Crippen molar-refractivity contribution < 1.29 is 14.0 Å². The zero-order chi connectivity index (χ0) is 16.7. The van der Waals surface area contributed by atoms with Crippen LogP contribution < -0.4 is 10.7 Å². The van der Waals surface area contributed by atoms with E-state index in [-0.39, 0.29) is 17.6 Å². The second-order valence-corrected chi connectivity index (χ2v) is 4.73. The molecule has 0 aromatic heterocycles. The smallest absolute Gasteiger partial charge is 0.271 e. The molecule has 2 aromatic rings. The first kappa shape index (κ1) is 16.4. The summed E-state index contributed by atoms with van der Waals surface area (Å²) >= 11 is 0. The lowest BCUT2D eigenvalue weighted by molar-refractivity contribution is -0.115. The summed E-state index contributed by atoms with van der Waals surface area (Å²) in [6.45, 7) is 1.76. The third-order valence-corrected chi connectivity index (χ3v) is 3.00. The van der Waals surface area contributed by atoms with Crippen molar-refractivity contribution in [3.8, 4) is 0 Å². The van der Waals surface area contributed by atoms with Gasteiger partial charge in [0.05, 0.1) is 6.21 Å². The number of carbonyl (C=O) groups excluding carboxylic acids is 2. The number of nitrogens with one attached hydrogen (secondary N) is 2. The number of halogens is 1. The van der Waals surface area contributed by atoms with E-state index >= 15 is 0 Å². The number of anilines is 1. The SMILES string of the molecule is CCC(=O)Nc1ccc(C(=O)NN=Cc2ccc(F)cc2)cc1. The Morgan fingerprint density at radius 1 is 1.09 bits per heavy atom. The monoisotopic (exact) mass is 313 g/mol. The normalized spacial score (nSPS) is 10.5. The zero-order valence-corrected chi connectivity index (χ0v) is 12.5. The standard InChI is InChI=1S/C17H16FN3O2/c1-2-16(22)20-15-9-5-13(6-10-15)17(23)21-19-11-12-3-7-14(18)8-4-12/h3-11H,2H2,1H3,(H,20,22)(H,21,23). The predicted octanol–water partition coefficient (Wildman–Crippen LogP) is 2.94. The van der Waals surface area contributed by atoms with Crippen molar-refractivity contribution >= 4 is 23.7 Å². The maximum atomic E-state index is 12.8. The average Bonchev–Trinajstić information content (AvgIpc) is 2.57. The van der Waals surface area contributed by atoms with Crippen LogP contribution in [0.25, 0.3) is 0 Å². The van der Waals surface area contributed by atoms with Gasteiger partial charge in [-0.15, -0.1) is 0 Å². The molecule has 2 rings (SSSR count). The van der Waals surface area contributed by atoms with Gasteiger partial charge in [0.15, 0.2) is 0 Å². The third-order valence-electron chi connectivity index (χ3n) is 3.00. The van der Waals surface area contributed by atoms with E-state index in [1.165, 1.54) is 18.3 Å². The molecule has 0 aliphatic heterocycles. The van der Waals surface area contributed by atoms with Gasteiger partial charge in [-0.2, -0.15) is 5.10 Å². The first-order valence-electron chi connectivity index (χ1n) is 7.07. The quantitative estimate of drug-likeness (QED) is 0.658. The van der Waals surface area contributed by atoms with Crippen LogP contribution in [-0.2, 0) is 4.79 Å². The van der Waals surface area contributed by atoms with Crippen LogP contribution in [0.1, 0.15) is 29.3 Å². The zero-order valence-electron chi connectivity index (χ0n) is 12.5. The van der Waals surface area contributed by atoms with Gasteiger partial charge in [-0.1, -0.05) is 19.1 Å². The number of hydrazone groups is 1. The second-order valence-electron chi connectivity index (χ2n) is 4.73. The highest BCUT2D eigenvalue weighted by Crippen LogP contribution is 2.10. The summed E-state index contributed by atoms with van der Waals surface area (Å²) in [6, 6.07) is 12.2. The molecule has 0 radical (unpaired) electrons. The summed E-state index contributed by atoms with van der Waals surface area (Å²) in [5, 5.41) is 6.51. The van der Waals surface area contributed by atoms with Gasteiger partial charge in [0.25, 0.3) is 5.91 Å². The van der Waals surface area contributed by atoms with Gasteiger partial charge in [0, 0.05) is 17.7 Å². The van der Waals surface area contributed by atoms with Crippen molar-refractivity contribution in [1.29, 1.82) is 0 Å². The van der Waals surface area contributed by atoms with E-state index in [0.29, 0.717) is 23.2 Å². The Balaban J connectivity index is 1.92. The molecule has 0 spiro atoms. The van der Waals surface area contributed by atoms with Crippen molar-refractivity contribution in [2.24, 2.45) is 5.10 Å². The first-order valence-corrected chi connectivity index (χ1v) is 7.07. The van der Waals surface area contributed by atoms with E-state index in [4.69, 9.17) is 0 Å². The molecule has 0 saturated heterocycles. The van der Waals surface area contributed by atoms with Crippen LogP contribution in [0.2, 0.25) is 0 Å². The maximum absolute atomic E-state index is 12.8. The molecule has 0 heterocycles. The van der Waals surface area contributed by atoms with E-state index in [0.717, 1.165) is 0 Å². The van der Waals surface area contributed by atoms with Gasteiger partial charge < -0.3 is 5.32 Å². The topological polar surface area (TPSA) is 70.6 Å². The fraction of sp³-hybridized carbons (Fsp3) is 0.118. The van der Waals surface area contributed by atoms with Crippen molar-refractivity contribution in [1.82, 2.24) is 5.43 Å². The van der Waals surface area contributed by atoms with Crippen LogP contribution in [0.15, 0.2) is 53.6 Å². The van der Waals surface area contributed by atoms with Crippen LogP contribution in [0, 0.1) is 5.82 Å². The van der Waals surface area contributed by atoms with Crippen molar-refractivity contribution in [3.05, 3.63) is 65.5 Å². The van der Waals surface area contributed by atoms with Crippen LogP contribution in [0.3, 0.4) is 0 Å². The van der Waals surface area contributed by atoms with Crippen molar-refractivity contribution in [2.45, 2.75) is 13.3 Å². The Morgan fingerprint density at radius 2 is 1.74 bits per heavy atom. The van der Waals surface area contributed by atoms with E-state index < -0.39 is 0 Å². The highest BCUT2D eigenvalue weighted by Gasteiger charge is 2.05. The Kier molecular flexibility index (Phi) is 5.57. The number of carbonyl (C=O) groups is 2. The fourth-order valence-electron chi connectivity index (χ4n) is 1.73. The number of nitrogens with zero attached hydrogens (tertiary/aromatic N) is 1. The Hall–Kier alpha value is -3.02. The lowest BCUT2D eigenvalue weighted by Crippen LogP contribution is -2.17. The summed E-state index contributed by atoms with van der Waals surface area (Å²) in [4.78, 5) is 23.2. The van der Waals surface area contributed by atoms with Crippen molar-refractivity contribution in [3.63, 3.8) is 0 Å². The minimum Gasteiger partial charge on any atom is -0.326 e. The van der Waals surface area contributed by atoms with Gasteiger partial charge in [-0.3, -0.25) is 9.59 Å². The van der Waals surface area contributed by atoms with Crippen LogP contribution in [0.5, 0.6) is 0 Å². The van der Waals surface area contributed by atoms with Gasteiger partial charge in [0.1, 0.15) is 5.82 Å². The van der Waals surface area contributed by atoms with Gasteiger partial charge in [-0.05, 0) is 42.0 Å². The Bertz CT molecular complexity index is 710. The molecule has 23 heavy (non-hydrogen) atoms. The van der Waals surface area contributed by atoms with Crippen LogP contribution >= 0.6 is 0 Å². The molecule has 2 aromatic carbocycles. The summed E-state index contributed by atoms with van der Waals surface area (Å²) in [6.07, 6.45) is 1.81. The predicted molar refractivity (Wildman–Crippen MR) is 86.8 cm³/mol. The van der Waals surface area contributed by atoms with Gasteiger partial charge >= 0.3 is 0 Å². The minimum atomic E-state index is -0.378. The molecule has 0 bridgehead atoms. The highest BCUT2D eigenvalue weighted by atomic mass is 19.1. The highest BCUT2D eigenvalue weighted by molar-refractivity contribution is 5.96. The third kappa shape index (κ3) is 5.03. The molecule has 5 nitrogen and oxygen atoms in total. The number of rotatable bonds is 5. The number of hydrogen-bond acceptors (Lipinski definition) is 3. The summed E-state index contributed by atoms with van der Waals surface area (Å²) in [5.74, 6) is -0.802. The molecule has 0 saturated carbocycles. The van der Waals surface area contributed by atoms with E-state index in [9.17, 15) is 14.0 Å². The molecule has 118 valence electrons. The summed E-state index contributed by atoms with van der Waals surface area (Å²) in [7, 11) is 0. The summed E-state index contributed by atoms with van der Waals surface area (Å²) < 4.78 is 12.8. The van der Waals surface area contributed by atoms with Gasteiger partial charge in [0.2, 0.25) is 5.91 Å². The number of benzene rings is 2. The van der Waals surface area contributed by atoms with Crippen molar-refractivity contribution in [2.75, 3.05) is 5.32 Å². The lowest BCUT2D eigenvalue weighted by atomic mass is 10.2. The fourth-order valence-corrected chi connectivity index (χ4v) is 1.73. The molecular formula is C17H16FN3O2. The molecule has 2 amide bonds. The van der Waals surface area contributed by atoms with E-state index in [2.05, 4.69) is 15.8 Å². The molecule has 0 atom stereocenters. The minimum absolute atomic E-state index is 0.0916. The average molecular weight is 313 g/mol. The lowest BCUT2D eigenvalue weighted by Gasteiger charge is -2.04. The Labute approximate surface area is 133 Å². The van der Waals surface area contributed by atoms with E-state index in [1.54, 1.807) is 43.3 Å². The maximum Gasteiger partial charge on any atom is 0.271 e. The van der Waals surface area contributed by atoms with Gasteiger partial charge in [-0.25, -0.2) is 9.82 Å². The summed E-state index contributed by atoms with van der Waals surface area (Å²) in [5.41, 5.74) is 4.09. The molecule has 0 fully saturated rings.